The Morgan fingerprint density at radius 3 is 2.65 bits per heavy atom. The van der Waals surface area contributed by atoms with Crippen LogP contribution in [0.25, 0.3) is 10.8 Å². The van der Waals surface area contributed by atoms with Crippen molar-refractivity contribution in [2.45, 2.75) is 13.0 Å². The molecule has 1 N–H and O–H groups in total. The number of aromatic nitrogens is 1. The molecule has 0 saturated heterocycles. The molecule has 26 heavy (non-hydrogen) atoms. The predicted molar refractivity (Wildman–Crippen MR) is 105 cm³/mol. The summed E-state index contributed by atoms with van der Waals surface area (Å²) < 4.78 is 11.5. The van der Waals surface area contributed by atoms with E-state index in [1.54, 1.807) is 38.7 Å². The molecule has 0 aliphatic rings. The summed E-state index contributed by atoms with van der Waals surface area (Å²) in [6.07, 6.45) is 3.49. The van der Waals surface area contributed by atoms with E-state index in [-0.39, 0.29) is 11.9 Å². The van der Waals surface area contributed by atoms with Gasteiger partial charge < -0.3 is 14.8 Å². The lowest BCUT2D eigenvalue weighted by Crippen LogP contribution is -2.26. The molecule has 0 unspecified atom stereocenters. The number of methoxy groups -OCH3 is 2. The Morgan fingerprint density at radius 2 is 1.92 bits per heavy atom. The maximum absolute atomic E-state index is 12.7. The van der Waals surface area contributed by atoms with Crippen LogP contribution in [0.3, 0.4) is 0 Å². The van der Waals surface area contributed by atoms with Crippen LogP contribution in [0.2, 0.25) is 0 Å². The molecule has 0 saturated carbocycles. The summed E-state index contributed by atoms with van der Waals surface area (Å²) in [5.74, 6) is 1.22. The molecule has 0 aliphatic heterocycles. The third kappa shape index (κ3) is 3.65. The van der Waals surface area contributed by atoms with Gasteiger partial charge in [0.05, 0.1) is 20.3 Å². The van der Waals surface area contributed by atoms with E-state index in [0.717, 1.165) is 20.8 Å². The number of pyridine rings is 1. The Hall–Kier alpha value is -2.60. The van der Waals surface area contributed by atoms with E-state index in [1.165, 1.54) is 0 Å². The van der Waals surface area contributed by atoms with Crippen molar-refractivity contribution in [1.29, 1.82) is 0 Å². The molecule has 1 heterocycles. The fraction of sp³-hybridized carbons (Fsp3) is 0.200. The van der Waals surface area contributed by atoms with Gasteiger partial charge in [0, 0.05) is 39.4 Å². The number of carbonyl (C=O) groups excluding carboxylic acids is 1. The van der Waals surface area contributed by atoms with Crippen molar-refractivity contribution in [3.63, 3.8) is 0 Å². The summed E-state index contributed by atoms with van der Waals surface area (Å²) in [6, 6.07) is 10.9. The lowest BCUT2D eigenvalue weighted by Gasteiger charge is -2.18. The summed E-state index contributed by atoms with van der Waals surface area (Å²) in [5.41, 5.74) is 1.47. The highest BCUT2D eigenvalue weighted by Crippen LogP contribution is 2.30. The van der Waals surface area contributed by atoms with Crippen LogP contribution in [0.4, 0.5) is 0 Å². The van der Waals surface area contributed by atoms with Crippen LogP contribution >= 0.6 is 15.9 Å². The molecule has 1 aromatic heterocycles. The molecule has 134 valence electrons. The fourth-order valence-corrected chi connectivity index (χ4v) is 3.26. The number of carbonyl (C=O) groups is 1. The highest BCUT2D eigenvalue weighted by Gasteiger charge is 2.16. The van der Waals surface area contributed by atoms with Crippen LogP contribution in [-0.4, -0.2) is 25.1 Å². The zero-order valence-corrected chi connectivity index (χ0v) is 16.3. The van der Waals surface area contributed by atoms with Crippen molar-refractivity contribution >= 4 is 32.6 Å². The van der Waals surface area contributed by atoms with Crippen molar-refractivity contribution in [2.75, 3.05) is 14.2 Å². The molecule has 0 aliphatic carbocycles. The number of hydrogen-bond donors (Lipinski definition) is 1. The molecule has 1 atom stereocenters. The number of fused-ring (bicyclic) bond motifs is 1. The highest BCUT2D eigenvalue weighted by molar-refractivity contribution is 9.10. The summed E-state index contributed by atoms with van der Waals surface area (Å²) in [5, 5.41) is 4.94. The van der Waals surface area contributed by atoms with E-state index >= 15 is 0 Å². The molecular formula is C20H19BrN2O3. The van der Waals surface area contributed by atoms with Crippen LogP contribution in [0, 0.1) is 0 Å². The van der Waals surface area contributed by atoms with Gasteiger partial charge in [-0.25, -0.2) is 0 Å². The van der Waals surface area contributed by atoms with Gasteiger partial charge in [-0.1, -0.05) is 6.07 Å². The van der Waals surface area contributed by atoms with Gasteiger partial charge in [-0.15, -0.1) is 0 Å². The second kappa shape index (κ2) is 7.74. The monoisotopic (exact) mass is 414 g/mol. The first-order valence-corrected chi connectivity index (χ1v) is 8.89. The van der Waals surface area contributed by atoms with Crippen molar-refractivity contribution in [2.24, 2.45) is 0 Å². The zero-order valence-electron chi connectivity index (χ0n) is 14.7. The van der Waals surface area contributed by atoms with E-state index < -0.39 is 0 Å². The zero-order chi connectivity index (χ0) is 18.7. The van der Waals surface area contributed by atoms with Crippen molar-refractivity contribution in [1.82, 2.24) is 10.3 Å². The van der Waals surface area contributed by atoms with E-state index in [9.17, 15) is 4.79 Å². The molecule has 6 heteroatoms. The second-order valence-corrected chi connectivity index (χ2v) is 6.71. The van der Waals surface area contributed by atoms with Gasteiger partial charge in [0.15, 0.2) is 0 Å². The van der Waals surface area contributed by atoms with Gasteiger partial charge in [-0.2, -0.15) is 0 Å². The van der Waals surface area contributed by atoms with Crippen LogP contribution in [0.15, 0.2) is 53.3 Å². The lowest BCUT2D eigenvalue weighted by atomic mass is 10.0. The Kier molecular flexibility index (Phi) is 5.42. The van der Waals surface area contributed by atoms with Crippen LogP contribution < -0.4 is 14.8 Å². The average molecular weight is 415 g/mol. The maximum atomic E-state index is 12.7. The van der Waals surface area contributed by atoms with Gasteiger partial charge in [0.1, 0.15) is 11.5 Å². The molecule has 3 aromatic rings. The number of rotatable bonds is 5. The number of ether oxygens (including phenoxy) is 2. The summed E-state index contributed by atoms with van der Waals surface area (Å²) in [6.45, 7) is 1.92. The third-order valence-corrected chi connectivity index (χ3v) is 4.86. The largest absolute Gasteiger partial charge is 0.497 e. The number of hydrogen-bond acceptors (Lipinski definition) is 4. The maximum Gasteiger partial charge on any atom is 0.251 e. The number of nitrogens with zero attached hydrogens (tertiary/aromatic N) is 1. The molecular weight excluding hydrogens is 396 g/mol. The normalized spacial score (nSPS) is 11.8. The van der Waals surface area contributed by atoms with Gasteiger partial charge in [-0.05, 0) is 52.5 Å². The number of halogens is 1. The molecule has 0 fully saturated rings. The van der Waals surface area contributed by atoms with Gasteiger partial charge in [0.2, 0.25) is 0 Å². The van der Waals surface area contributed by atoms with E-state index in [1.807, 2.05) is 31.2 Å². The first kappa shape index (κ1) is 18.2. The average Bonchev–Trinajstić information content (AvgIpc) is 2.67. The topological polar surface area (TPSA) is 60.5 Å². The first-order chi connectivity index (χ1) is 12.5. The van der Waals surface area contributed by atoms with E-state index in [0.29, 0.717) is 17.1 Å². The second-order valence-electron chi connectivity index (χ2n) is 5.86. The minimum atomic E-state index is -0.222. The minimum Gasteiger partial charge on any atom is -0.497 e. The Labute approximate surface area is 160 Å². The Balaban J connectivity index is 1.84. The fourth-order valence-electron chi connectivity index (χ4n) is 2.80. The summed E-state index contributed by atoms with van der Waals surface area (Å²) in [4.78, 5) is 16.8. The third-order valence-electron chi connectivity index (χ3n) is 4.23. The molecule has 2 aromatic carbocycles. The van der Waals surface area contributed by atoms with Crippen molar-refractivity contribution in [3.8, 4) is 11.5 Å². The van der Waals surface area contributed by atoms with E-state index in [4.69, 9.17) is 9.47 Å². The SMILES string of the molecule is COc1ccc([C@H](C)NC(=O)c2ccc3cncc(Br)c3c2)c(OC)c1. The standard InChI is InChI=1S/C20H19BrN2O3/c1-12(16-7-6-15(25-2)9-19(16)26-3)23-20(24)13-4-5-14-10-22-11-18(21)17(14)8-13/h4-12H,1-3H3,(H,23,24)/t12-/m0/s1. The van der Waals surface area contributed by atoms with Crippen LogP contribution in [0.5, 0.6) is 11.5 Å². The number of amides is 1. The molecule has 3 rings (SSSR count). The first-order valence-electron chi connectivity index (χ1n) is 8.09. The lowest BCUT2D eigenvalue weighted by molar-refractivity contribution is 0.0939. The van der Waals surface area contributed by atoms with E-state index in [2.05, 4.69) is 26.2 Å². The van der Waals surface area contributed by atoms with Crippen molar-refractivity contribution < 1.29 is 14.3 Å². The molecule has 0 bridgehead atoms. The predicted octanol–water partition coefficient (Wildman–Crippen LogP) is 4.51. The molecule has 0 radical (unpaired) electrons. The summed E-state index contributed by atoms with van der Waals surface area (Å²) >= 11 is 3.48. The Morgan fingerprint density at radius 1 is 1.12 bits per heavy atom. The minimum absolute atomic E-state index is 0.152. The van der Waals surface area contributed by atoms with Gasteiger partial charge in [0.25, 0.3) is 5.91 Å². The van der Waals surface area contributed by atoms with Crippen LogP contribution in [-0.2, 0) is 0 Å². The Bertz CT molecular complexity index is 959. The van der Waals surface area contributed by atoms with Gasteiger partial charge in [-0.3, -0.25) is 9.78 Å². The highest BCUT2D eigenvalue weighted by atomic mass is 79.9. The molecule has 0 spiro atoms. The smallest absolute Gasteiger partial charge is 0.251 e. The van der Waals surface area contributed by atoms with Crippen LogP contribution in [0.1, 0.15) is 28.9 Å². The number of benzene rings is 2. The molecule has 1 amide bonds. The van der Waals surface area contributed by atoms with Gasteiger partial charge >= 0.3 is 0 Å². The number of nitrogens with one attached hydrogen (secondary N) is 1. The quantitative estimate of drug-likeness (QED) is 0.667. The molecule has 5 nitrogen and oxygen atoms in total. The van der Waals surface area contributed by atoms with Crippen molar-refractivity contribution in [3.05, 3.63) is 64.4 Å². The summed E-state index contributed by atoms with van der Waals surface area (Å²) in [7, 11) is 3.20.